The smallest absolute Gasteiger partial charge is 0.325 e. The van der Waals surface area contributed by atoms with E-state index < -0.39 is 11.2 Å². The fraction of sp³-hybridized carbons (Fsp3) is 0.263. The van der Waals surface area contributed by atoms with Gasteiger partial charge in [0, 0.05) is 30.9 Å². The number of nitrogens with zero attached hydrogens (tertiary/aromatic N) is 3. The Labute approximate surface area is 160 Å². The van der Waals surface area contributed by atoms with Crippen LogP contribution in [0.25, 0.3) is 11.0 Å². The van der Waals surface area contributed by atoms with Crippen molar-refractivity contribution < 1.29 is 4.79 Å². The highest BCUT2D eigenvalue weighted by Crippen LogP contribution is 2.24. The average molecular weight is 384 g/mol. The summed E-state index contributed by atoms with van der Waals surface area (Å²) in [5.41, 5.74) is 2.36. The molecule has 0 aliphatic rings. The van der Waals surface area contributed by atoms with Crippen LogP contribution in [0, 0.1) is 13.8 Å². The molecule has 0 fully saturated rings. The Morgan fingerprint density at radius 1 is 1.15 bits per heavy atom. The summed E-state index contributed by atoms with van der Waals surface area (Å²) < 4.78 is 2.38. The first kappa shape index (κ1) is 18.9. The minimum Gasteiger partial charge on any atom is -0.325 e. The lowest BCUT2D eigenvalue weighted by Gasteiger charge is -2.11. The summed E-state index contributed by atoms with van der Waals surface area (Å²) in [5, 5.41) is 3.24. The van der Waals surface area contributed by atoms with Crippen molar-refractivity contribution in [3.63, 3.8) is 0 Å². The van der Waals surface area contributed by atoms with Gasteiger partial charge in [-0.2, -0.15) is 0 Å². The number of carbonyl (C=O) groups is 1. The van der Waals surface area contributed by atoms with Gasteiger partial charge in [0.05, 0.1) is 11.1 Å². The zero-order chi connectivity index (χ0) is 19.7. The van der Waals surface area contributed by atoms with Crippen molar-refractivity contribution in [1.29, 1.82) is 0 Å². The number of pyridine rings is 1. The van der Waals surface area contributed by atoms with Gasteiger partial charge < -0.3 is 5.32 Å². The number of anilines is 1. The molecule has 0 saturated heterocycles. The minimum atomic E-state index is -0.435. The van der Waals surface area contributed by atoms with Crippen LogP contribution in [-0.4, -0.2) is 25.8 Å². The molecule has 3 aromatic rings. The lowest BCUT2D eigenvalue weighted by atomic mass is 10.1. The van der Waals surface area contributed by atoms with E-state index in [0.717, 1.165) is 21.4 Å². The number of benzene rings is 1. The van der Waals surface area contributed by atoms with Gasteiger partial charge in [0.1, 0.15) is 5.65 Å². The number of hydrogen-bond acceptors (Lipinski definition) is 5. The zero-order valence-electron chi connectivity index (χ0n) is 15.6. The number of hydrogen-bond donors (Lipinski definition) is 1. The third kappa shape index (κ3) is 3.52. The molecule has 0 aliphatic carbocycles. The predicted molar refractivity (Wildman–Crippen MR) is 107 cm³/mol. The predicted octanol–water partition coefficient (Wildman–Crippen LogP) is 1.98. The summed E-state index contributed by atoms with van der Waals surface area (Å²) in [7, 11) is 3.00. The fourth-order valence-corrected chi connectivity index (χ4v) is 3.63. The van der Waals surface area contributed by atoms with Crippen LogP contribution >= 0.6 is 11.8 Å². The molecule has 8 heteroatoms. The van der Waals surface area contributed by atoms with Gasteiger partial charge >= 0.3 is 5.69 Å². The highest BCUT2D eigenvalue weighted by Gasteiger charge is 2.15. The van der Waals surface area contributed by atoms with Crippen LogP contribution in [-0.2, 0) is 18.9 Å². The lowest BCUT2D eigenvalue weighted by molar-refractivity contribution is -0.113. The summed E-state index contributed by atoms with van der Waals surface area (Å²) in [6, 6.07) is 7.43. The maximum atomic E-state index is 12.5. The maximum Gasteiger partial charge on any atom is 0.332 e. The number of amides is 1. The fourth-order valence-electron chi connectivity index (χ4n) is 2.80. The van der Waals surface area contributed by atoms with Gasteiger partial charge in [-0.25, -0.2) is 9.78 Å². The maximum absolute atomic E-state index is 12.5. The van der Waals surface area contributed by atoms with Crippen molar-refractivity contribution in [2.24, 2.45) is 14.1 Å². The number of thioether (sulfide) groups is 1. The minimum absolute atomic E-state index is 0.137. The SMILES string of the molecule is Cc1cccc(NC(=O)CSc2ccnc3c2c(=O)n(C)c(=O)n3C)c1C. The lowest BCUT2D eigenvalue weighted by Crippen LogP contribution is -2.37. The van der Waals surface area contributed by atoms with E-state index in [1.54, 1.807) is 13.1 Å². The average Bonchev–Trinajstić information content (AvgIpc) is 2.66. The van der Waals surface area contributed by atoms with Crippen molar-refractivity contribution in [3.8, 4) is 0 Å². The van der Waals surface area contributed by atoms with Gasteiger partial charge in [0.2, 0.25) is 5.91 Å². The summed E-state index contributed by atoms with van der Waals surface area (Å²) in [6.45, 7) is 3.95. The van der Waals surface area contributed by atoms with Gasteiger partial charge in [-0.15, -0.1) is 11.8 Å². The first-order chi connectivity index (χ1) is 12.8. The number of rotatable bonds is 4. The molecule has 140 valence electrons. The topological polar surface area (TPSA) is 86.0 Å². The number of nitrogens with one attached hydrogen (secondary N) is 1. The van der Waals surface area contributed by atoms with Crippen molar-refractivity contribution in [2.45, 2.75) is 18.7 Å². The van der Waals surface area contributed by atoms with E-state index in [-0.39, 0.29) is 11.7 Å². The van der Waals surface area contributed by atoms with Gasteiger partial charge in [-0.1, -0.05) is 12.1 Å². The number of aryl methyl sites for hydroxylation is 2. The second kappa shape index (κ2) is 7.40. The second-order valence-corrected chi connectivity index (χ2v) is 7.31. The van der Waals surface area contributed by atoms with Crippen LogP contribution in [0.3, 0.4) is 0 Å². The van der Waals surface area contributed by atoms with Gasteiger partial charge in [-0.05, 0) is 37.1 Å². The largest absolute Gasteiger partial charge is 0.332 e. The number of carbonyl (C=O) groups excluding carboxylic acids is 1. The molecule has 0 unspecified atom stereocenters. The Morgan fingerprint density at radius 3 is 2.63 bits per heavy atom. The Hall–Kier alpha value is -2.87. The number of aromatic nitrogens is 3. The standard InChI is InChI=1S/C19H20N4O3S/c1-11-6-5-7-13(12(11)2)21-15(24)10-27-14-8-9-20-17-16(14)18(25)23(4)19(26)22(17)3/h5-9H,10H2,1-4H3,(H,21,24). The van der Waals surface area contributed by atoms with Gasteiger partial charge in [0.25, 0.3) is 5.56 Å². The molecule has 27 heavy (non-hydrogen) atoms. The molecule has 7 nitrogen and oxygen atoms in total. The molecule has 0 radical (unpaired) electrons. The quantitative estimate of drug-likeness (QED) is 0.695. The van der Waals surface area contributed by atoms with Crippen molar-refractivity contribution in [2.75, 3.05) is 11.1 Å². The molecule has 0 spiro atoms. The highest BCUT2D eigenvalue weighted by molar-refractivity contribution is 8.00. The molecule has 1 aromatic carbocycles. The molecule has 1 N–H and O–H groups in total. The summed E-state index contributed by atoms with van der Waals surface area (Å²) in [5.74, 6) is -0.0290. The van der Waals surface area contributed by atoms with E-state index in [1.807, 2.05) is 32.0 Å². The zero-order valence-corrected chi connectivity index (χ0v) is 16.4. The Bertz CT molecular complexity index is 1160. The van der Waals surface area contributed by atoms with E-state index in [9.17, 15) is 14.4 Å². The first-order valence-corrected chi connectivity index (χ1v) is 9.33. The van der Waals surface area contributed by atoms with Gasteiger partial charge in [0.15, 0.2) is 0 Å². The molecular weight excluding hydrogens is 364 g/mol. The molecule has 1 amide bonds. The summed E-state index contributed by atoms with van der Waals surface area (Å²) >= 11 is 1.24. The second-order valence-electron chi connectivity index (χ2n) is 6.30. The van der Waals surface area contributed by atoms with Crippen LogP contribution in [0.4, 0.5) is 5.69 Å². The first-order valence-electron chi connectivity index (χ1n) is 8.35. The monoisotopic (exact) mass is 384 g/mol. The molecule has 0 aliphatic heterocycles. The van der Waals surface area contributed by atoms with Crippen molar-refractivity contribution >= 4 is 34.4 Å². The number of fused-ring (bicyclic) bond motifs is 1. The van der Waals surface area contributed by atoms with Crippen molar-refractivity contribution in [1.82, 2.24) is 14.1 Å². The van der Waals surface area contributed by atoms with E-state index in [0.29, 0.717) is 15.9 Å². The van der Waals surface area contributed by atoms with E-state index in [1.165, 1.54) is 29.6 Å². The molecule has 2 aromatic heterocycles. The van der Waals surface area contributed by atoms with Crippen LogP contribution in [0.15, 0.2) is 44.9 Å². The molecule has 2 heterocycles. The van der Waals surface area contributed by atoms with Crippen molar-refractivity contribution in [3.05, 3.63) is 62.4 Å². The third-order valence-electron chi connectivity index (χ3n) is 4.54. The van der Waals surface area contributed by atoms with E-state index in [4.69, 9.17) is 0 Å². The molecule has 3 rings (SSSR count). The Balaban J connectivity index is 1.87. The van der Waals surface area contributed by atoms with Crippen LogP contribution in [0.1, 0.15) is 11.1 Å². The van der Waals surface area contributed by atoms with E-state index in [2.05, 4.69) is 10.3 Å². The summed E-state index contributed by atoms with van der Waals surface area (Å²) in [6.07, 6.45) is 1.53. The third-order valence-corrected chi connectivity index (χ3v) is 5.60. The summed E-state index contributed by atoms with van der Waals surface area (Å²) in [4.78, 5) is 41.7. The molecular formula is C19H20N4O3S. The Morgan fingerprint density at radius 2 is 1.89 bits per heavy atom. The van der Waals surface area contributed by atoms with Crippen LogP contribution in [0.2, 0.25) is 0 Å². The highest BCUT2D eigenvalue weighted by atomic mass is 32.2. The Kier molecular flexibility index (Phi) is 5.18. The molecule has 0 bridgehead atoms. The molecule has 0 atom stereocenters. The van der Waals surface area contributed by atoms with Gasteiger partial charge in [-0.3, -0.25) is 18.7 Å². The van der Waals surface area contributed by atoms with E-state index >= 15 is 0 Å². The van der Waals surface area contributed by atoms with Crippen LogP contribution < -0.4 is 16.6 Å². The van der Waals surface area contributed by atoms with Crippen LogP contribution in [0.5, 0.6) is 0 Å². The molecule has 0 saturated carbocycles. The normalized spacial score (nSPS) is 11.0.